The Labute approximate surface area is 158 Å². The van der Waals surface area contributed by atoms with Gasteiger partial charge < -0.3 is 4.84 Å². The molecular formula is C19H26N2O6. The average Bonchev–Trinajstić information content (AvgIpc) is 3.10. The second kappa shape index (κ2) is 7.78. The van der Waals surface area contributed by atoms with Gasteiger partial charge in [0.05, 0.1) is 5.92 Å². The highest BCUT2D eigenvalue weighted by molar-refractivity contribution is 6.03. The molecule has 0 aromatic heterocycles. The second-order valence-electron chi connectivity index (χ2n) is 8.11. The third-order valence-corrected chi connectivity index (χ3v) is 5.89. The van der Waals surface area contributed by atoms with Crippen molar-refractivity contribution in [1.82, 2.24) is 9.96 Å². The Morgan fingerprint density at radius 1 is 1.00 bits per heavy atom. The molecular weight excluding hydrogens is 352 g/mol. The number of hydroxylamine groups is 2. The molecule has 1 saturated carbocycles. The summed E-state index contributed by atoms with van der Waals surface area (Å²) in [4.78, 5) is 66.3. The van der Waals surface area contributed by atoms with E-state index in [4.69, 9.17) is 4.84 Å². The molecule has 0 N–H and O–H groups in total. The van der Waals surface area contributed by atoms with E-state index in [1.54, 1.807) is 0 Å². The van der Waals surface area contributed by atoms with Crippen molar-refractivity contribution < 1.29 is 28.8 Å². The van der Waals surface area contributed by atoms with Crippen LogP contribution in [0, 0.1) is 23.7 Å². The molecule has 2 aliphatic heterocycles. The van der Waals surface area contributed by atoms with Gasteiger partial charge in [-0.3, -0.25) is 24.1 Å². The largest absolute Gasteiger partial charge is 0.336 e. The standard InChI is InChI=1S/C19H26N2O6/c1-11(2)14-9-17(24)20(18(14)25)10-12-3-5-13(6-4-12)19(26)27-21-15(22)7-8-16(21)23/h11-14H,3-10H2,1-2H3. The van der Waals surface area contributed by atoms with Crippen molar-refractivity contribution in [3.05, 3.63) is 0 Å². The molecule has 2 saturated heterocycles. The fourth-order valence-electron chi connectivity index (χ4n) is 4.08. The maximum absolute atomic E-state index is 12.4. The minimum atomic E-state index is -0.551. The van der Waals surface area contributed by atoms with Gasteiger partial charge in [0.25, 0.3) is 11.8 Å². The Kier molecular flexibility index (Phi) is 5.62. The number of amides is 4. The number of hydrogen-bond donors (Lipinski definition) is 0. The molecule has 4 amide bonds. The lowest BCUT2D eigenvalue weighted by molar-refractivity contribution is -0.201. The van der Waals surface area contributed by atoms with Gasteiger partial charge in [-0.05, 0) is 37.5 Å². The molecule has 3 aliphatic rings. The summed E-state index contributed by atoms with van der Waals surface area (Å²) < 4.78 is 0. The molecule has 1 unspecified atom stereocenters. The van der Waals surface area contributed by atoms with Crippen molar-refractivity contribution in [1.29, 1.82) is 0 Å². The highest BCUT2D eigenvalue weighted by atomic mass is 16.7. The van der Waals surface area contributed by atoms with E-state index < -0.39 is 17.8 Å². The van der Waals surface area contributed by atoms with Crippen LogP contribution in [0.4, 0.5) is 0 Å². The van der Waals surface area contributed by atoms with E-state index in [9.17, 15) is 24.0 Å². The molecule has 0 aromatic rings. The number of imide groups is 2. The molecule has 2 heterocycles. The Morgan fingerprint density at radius 2 is 1.59 bits per heavy atom. The molecule has 1 atom stereocenters. The van der Waals surface area contributed by atoms with Crippen LogP contribution in [0.1, 0.15) is 58.8 Å². The van der Waals surface area contributed by atoms with Crippen LogP contribution in [0.3, 0.4) is 0 Å². The number of carbonyl (C=O) groups is 5. The maximum atomic E-state index is 12.4. The van der Waals surface area contributed by atoms with E-state index in [1.807, 2.05) is 13.8 Å². The van der Waals surface area contributed by atoms with Crippen molar-refractivity contribution >= 4 is 29.6 Å². The predicted molar refractivity (Wildman–Crippen MR) is 92.3 cm³/mol. The van der Waals surface area contributed by atoms with E-state index in [0.717, 1.165) is 0 Å². The van der Waals surface area contributed by atoms with Crippen molar-refractivity contribution in [2.45, 2.75) is 58.8 Å². The van der Waals surface area contributed by atoms with Gasteiger partial charge >= 0.3 is 5.97 Å². The first-order valence-electron chi connectivity index (χ1n) is 9.69. The predicted octanol–water partition coefficient (Wildman–Crippen LogP) is 1.43. The van der Waals surface area contributed by atoms with Gasteiger partial charge in [-0.2, -0.15) is 0 Å². The fraction of sp³-hybridized carbons (Fsp3) is 0.737. The van der Waals surface area contributed by atoms with E-state index in [1.165, 1.54) is 4.90 Å². The Morgan fingerprint density at radius 3 is 2.11 bits per heavy atom. The molecule has 3 fully saturated rings. The summed E-state index contributed by atoms with van der Waals surface area (Å²) in [7, 11) is 0. The Bertz CT molecular complexity index is 649. The van der Waals surface area contributed by atoms with Crippen molar-refractivity contribution in [2.75, 3.05) is 6.54 Å². The number of likely N-dealkylation sites (tertiary alicyclic amines) is 1. The maximum Gasteiger partial charge on any atom is 0.336 e. The van der Waals surface area contributed by atoms with Crippen LogP contribution in [-0.4, -0.2) is 46.1 Å². The Balaban J connectivity index is 1.48. The summed E-state index contributed by atoms with van der Waals surface area (Å²) in [5, 5.41) is 0.585. The van der Waals surface area contributed by atoms with Crippen molar-refractivity contribution in [3.63, 3.8) is 0 Å². The number of carbonyl (C=O) groups excluding carboxylic acids is 5. The highest BCUT2D eigenvalue weighted by Crippen LogP contribution is 2.33. The summed E-state index contributed by atoms with van der Waals surface area (Å²) in [6, 6.07) is 0. The molecule has 0 radical (unpaired) electrons. The smallest absolute Gasteiger partial charge is 0.330 e. The monoisotopic (exact) mass is 378 g/mol. The third kappa shape index (κ3) is 4.04. The van der Waals surface area contributed by atoms with Crippen LogP contribution in [0.2, 0.25) is 0 Å². The van der Waals surface area contributed by atoms with Gasteiger partial charge in [-0.25, -0.2) is 4.79 Å². The summed E-state index contributed by atoms with van der Waals surface area (Å²) in [6.07, 6.45) is 2.96. The van der Waals surface area contributed by atoms with E-state index >= 15 is 0 Å². The fourth-order valence-corrected chi connectivity index (χ4v) is 4.08. The second-order valence-corrected chi connectivity index (χ2v) is 8.11. The third-order valence-electron chi connectivity index (χ3n) is 5.89. The molecule has 3 rings (SSSR count). The molecule has 0 bridgehead atoms. The number of nitrogens with zero attached hydrogens (tertiary/aromatic N) is 2. The zero-order chi connectivity index (χ0) is 19.7. The summed E-state index contributed by atoms with van der Waals surface area (Å²) >= 11 is 0. The first-order valence-corrected chi connectivity index (χ1v) is 9.69. The molecule has 8 heteroatoms. The van der Waals surface area contributed by atoms with Crippen LogP contribution in [0.5, 0.6) is 0 Å². The van der Waals surface area contributed by atoms with Gasteiger partial charge in [-0.1, -0.05) is 13.8 Å². The summed E-state index contributed by atoms with van der Waals surface area (Å²) in [5.41, 5.74) is 0. The van der Waals surface area contributed by atoms with Gasteiger partial charge in [0, 0.05) is 31.7 Å². The zero-order valence-electron chi connectivity index (χ0n) is 15.8. The number of rotatable bonds is 5. The molecule has 0 spiro atoms. The minimum Gasteiger partial charge on any atom is -0.330 e. The molecule has 27 heavy (non-hydrogen) atoms. The first-order chi connectivity index (χ1) is 12.8. The molecule has 8 nitrogen and oxygen atoms in total. The topological polar surface area (TPSA) is 101 Å². The summed E-state index contributed by atoms with van der Waals surface area (Å²) in [6.45, 7) is 4.31. The van der Waals surface area contributed by atoms with Crippen molar-refractivity contribution in [3.8, 4) is 0 Å². The van der Waals surface area contributed by atoms with Gasteiger partial charge in [0.15, 0.2) is 0 Å². The zero-order valence-corrected chi connectivity index (χ0v) is 15.8. The lowest BCUT2D eigenvalue weighted by Crippen LogP contribution is -2.39. The first kappa shape index (κ1) is 19.5. The molecule has 148 valence electrons. The lowest BCUT2D eigenvalue weighted by Gasteiger charge is -2.30. The highest BCUT2D eigenvalue weighted by Gasteiger charge is 2.42. The lowest BCUT2D eigenvalue weighted by atomic mass is 9.82. The average molecular weight is 378 g/mol. The molecule has 1 aliphatic carbocycles. The van der Waals surface area contributed by atoms with E-state index in [-0.39, 0.29) is 54.7 Å². The van der Waals surface area contributed by atoms with Crippen LogP contribution >= 0.6 is 0 Å². The van der Waals surface area contributed by atoms with Crippen LogP contribution in [0.25, 0.3) is 0 Å². The van der Waals surface area contributed by atoms with Crippen LogP contribution in [0.15, 0.2) is 0 Å². The Hall–Kier alpha value is -2.25. The normalized spacial score (nSPS) is 29.2. The minimum absolute atomic E-state index is 0.0775. The van der Waals surface area contributed by atoms with Crippen LogP contribution in [-0.2, 0) is 28.8 Å². The van der Waals surface area contributed by atoms with Crippen LogP contribution < -0.4 is 0 Å². The SMILES string of the molecule is CC(C)C1CC(=O)N(CC2CCC(C(=O)ON3C(=O)CCC3=O)CC2)C1=O. The van der Waals surface area contributed by atoms with E-state index in [2.05, 4.69) is 0 Å². The van der Waals surface area contributed by atoms with Crippen molar-refractivity contribution in [2.24, 2.45) is 23.7 Å². The van der Waals surface area contributed by atoms with Gasteiger partial charge in [-0.15, -0.1) is 5.06 Å². The summed E-state index contributed by atoms with van der Waals surface area (Å²) in [5.74, 6) is -1.97. The van der Waals surface area contributed by atoms with Gasteiger partial charge in [0.1, 0.15) is 0 Å². The van der Waals surface area contributed by atoms with Gasteiger partial charge in [0.2, 0.25) is 11.8 Å². The quantitative estimate of drug-likeness (QED) is 0.671. The molecule has 0 aromatic carbocycles. The number of hydrogen-bond acceptors (Lipinski definition) is 6. The van der Waals surface area contributed by atoms with E-state index in [0.29, 0.717) is 37.3 Å².